The molecule has 1 heterocycles. The maximum Gasteiger partial charge on any atom is 0.252 e. The molecule has 0 bridgehead atoms. The molecule has 5 nitrogen and oxygen atoms in total. The third-order valence-corrected chi connectivity index (χ3v) is 5.58. The van der Waals surface area contributed by atoms with Crippen LogP contribution in [0.1, 0.15) is 30.1 Å². The first kappa shape index (κ1) is 16.0. The predicted octanol–water partition coefficient (Wildman–Crippen LogP) is 1.21. The summed E-state index contributed by atoms with van der Waals surface area (Å²) >= 11 is 0. The molecule has 2 N–H and O–H groups in total. The second kappa shape index (κ2) is 7.04. The maximum absolute atomic E-state index is 12.3. The molecule has 0 radical (unpaired) electrons. The van der Waals surface area contributed by atoms with Gasteiger partial charge in [0, 0.05) is 6.54 Å². The van der Waals surface area contributed by atoms with Gasteiger partial charge in [-0.25, -0.2) is 8.42 Å². The molecule has 1 aromatic rings. The highest BCUT2D eigenvalue weighted by Crippen LogP contribution is 2.17. The Balaban J connectivity index is 2.09. The van der Waals surface area contributed by atoms with Gasteiger partial charge >= 0.3 is 0 Å². The number of piperidine rings is 1. The van der Waals surface area contributed by atoms with E-state index in [1.54, 1.807) is 25.1 Å². The normalized spacial score (nSPS) is 19.2. The van der Waals surface area contributed by atoms with Gasteiger partial charge in [0.25, 0.3) is 5.91 Å². The summed E-state index contributed by atoms with van der Waals surface area (Å²) in [7, 11) is -3.39. The molecule has 1 atom stereocenters. The summed E-state index contributed by atoms with van der Waals surface area (Å²) in [6, 6.07) is 6.39. The van der Waals surface area contributed by atoms with Crippen molar-refractivity contribution >= 4 is 15.7 Å². The minimum atomic E-state index is -3.39. The maximum atomic E-state index is 12.3. The summed E-state index contributed by atoms with van der Waals surface area (Å²) in [6.45, 7) is 4.08. The average molecular weight is 310 g/mol. The fourth-order valence-electron chi connectivity index (χ4n) is 2.51. The molecule has 1 unspecified atom stereocenters. The van der Waals surface area contributed by atoms with Crippen molar-refractivity contribution in [3.63, 3.8) is 0 Å². The van der Waals surface area contributed by atoms with Gasteiger partial charge in [0.1, 0.15) is 0 Å². The number of rotatable bonds is 5. The second-order valence-corrected chi connectivity index (χ2v) is 7.57. The van der Waals surface area contributed by atoms with Crippen LogP contribution in [0, 0.1) is 5.92 Å². The Morgan fingerprint density at radius 3 is 2.81 bits per heavy atom. The summed E-state index contributed by atoms with van der Waals surface area (Å²) in [6.07, 6.45) is 2.20. The molecule has 1 amide bonds. The molecule has 1 aliphatic rings. The van der Waals surface area contributed by atoms with Crippen LogP contribution in [-0.2, 0) is 9.84 Å². The van der Waals surface area contributed by atoms with E-state index in [2.05, 4.69) is 10.6 Å². The lowest BCUT2D eigenvalue weighted by Gasteiger charge is -2.23. The number of amides is 1. The Hall–Kier alpha value is -1.40. The molecule has 21 heavy (non-hydrogen) atoms. The first-order chi connectivity index (χ1) is 10.0. The van der Waals surface area contributed by atoms with Crippen molar-refractivity contribution in [2.75, 3.05) is 25.4 Å². The summed E-state index contributed by atoms with van der Waals surface area (Å²) in [5.74, 6) is 0.0926. The molecule has 0 spiro atoms. The molecule has 2 rings (SSSR count). The number of hydrogen-bond donors (Lipinski definition) is 2. The molecule has 1 fully saturated rings. The minimum absolute atomic E-state index is 0.0101. The van der Waals surface area contributed by atoms with E-state index in [-0.39, 0.29) is 22.1 Å². The Morgan fingerprint density at radius 1 is 1.38 bits per heavy atom. The van der Waals surface area contributed by atoms with Gasteiger partial charge in [-0.05, 0) is 44.0 Å². The molecular formula is C15H22N2O3S. The van der Waals surface area contributed by atoms with Crippen LogP contribution in [0.15, 0.2) is 29.2 Å². The molecular weight excluding hydrogens is 288 g/mol. The Labute approximate surface area is 126 Å². The first-order valence-corrected chi connectivity index (χ1v) is 9.00. The molecule has 6 heteroatoms. The van der Waals surface area contributed by atoms with Crippen molar-refractivity contribution < 1.29 is 13.2 Å². The van der Waals surface area contributed by atoms with Gasteiger partial charge < -0.3 is 10.6 Å². The van der Waals surface area contributed by atoms with Crippen LogP contribution >= 0.6 is 0 Å². The van der Waals surface area contributed by atoms with Gasteiger partial charge in [0.2, 0.25) is 0 Å². The molecule has 0 saturated carbocycles. The standard InChI is InChI=1S/C15H22N2O3S/c1-2-21(19,20)14-8-4-3-7-13(14)15(18)17-11-12-6-5-9-16-10-12/h3-4,7-8,12,16H,2,5-6,9-11H2,1H3,(H,17,18). The lowest BCUT2D eigenvalue weighted by molar-refractivity contribution is 0.0941. The van der Waals surface area contributed by atoms with E-state index >= 15 is 0 Å². The van der Waals surface area contributed by atoms with E-state index in [4.69, 9.17) is 0 Å². The largest absolute Gasteiger partial charge is 0.352 e. The van der Waals surface area contributed by atoms with Gasteiger partial charge in [-0.3, -0.25) is 4.79 Å². The molecule has 1 saturated heterocycles. The zero-order valence-electron chi connectivity index (χ0n) is 12.3. The number of hydrogen-bond acceptors (Lipinski definition) is 4. The number of carbonyl (C=O) groups excluding carboxylic acids is 1. The predicted molar refractivity (Wildman–Crippen MR) is 82.1 cm³/mol. The molecule has 116 valence electrons. The minimum Gasteiger partial charge on any atom is -0.352 e. The molecule has 0 aromatic heterocycles. The lowest BCUT2D eigenvalue weighted by Crippen LogP contribution is -2.38. The van der Waals surface area contributed by atoms with Crippen molar-refractivity contribution in [2.24, 2.45) is 5.92 Å². The van der Waals surface area contributed by atoms with Crippen LogP contribution in [0.25, 0.3) is 0 Å². The van der Waals surface area contributed by atoms with Crippen LogP contribution in [-0.4, -0.2) is 39.7 Å². The number of sulfone groups is 1. The van der Waals surface area contributed by atoms with Crippen LogP contribution < -0.4 is 10.6 Å². The SMILES string of the molecule is CCS(=O)(=O)c1ccccc1C(=O)NCC1CCCNC1. The Kier molecular flexibility index (Phi) is 5.36. The topological polar surface area (TPSA) is 75.3 Å². The molecule has 1 aromatic carbocycles. The first-order valence-electron chi connectivity index (χ1n) is 7.35. The fourth-order valence-corrected chi connectivity index (χ4v) is 3.60. The average Bonchev–Trinajstić information content (AvgIpc) is 2.53. The van der Waals surface area contributed by atoms with Crippen molar-refractivity contribution in [2.45, 2.75) is 24.7 Å². The monoisotopic (exact) mass is 310 g/mol. The molecule has 0 aliphatic carbocycles. The van der Waals surface area contributed by atoms with Crippen LogP contribution in [0.5, 0.6) is 0 Å². The number of benzene rings is 1. The van der Waals surface area contributed by atoms with E-state index in [0.717, 1.165) is 25.9 Å². The summed E-state index contributed by atoms with van der Waals surface area (Å²) in [4.78, 5) is 12.4. The Morgan fingerprint density at radius 2 is 2.14 bits per heavy atom. The van der Waals surface area contributed by atoms with Crippen molar-refractivity contribution in [1.29, 1.82) is 0 Å². The Bertz CT molecular complexity index is 593. The summed E-state index contributed by atoms with van der Waals surface area (Å²) in [5, 5.41) is 6.16. The van der Waals surface area contributed by atoms with E-state index < -0.39 is 9.84 Å². The smallest absolute Gasteiger partial charge is 0.252 e. The highest BCUT2D eigenvalue weighted by molar-refractivity contribution is 7.91. The fraction of sp³-hybridized carbons (Fsp3) is 0.533. The quantitative estimate of drug-likeness (QED) is 0.857. The zero-order chi connectivity index (χ0) is 15.3. The van der Waals surface area contributed by atoms with Gasteiger partial charge in [-0.2, -0.15) is 0 Å². The molecule has 1 aliphatic heterocycles. The van der Waals surface area contributed by atoms with Crippen LogP contribution in [0.3, 0.4) is 0 Å². The summed E-state index contributed by atoms with van der Waals surface area (Å²) < 4.78 is 24.1. The lowest BCUT2D eigenvalue weighted by atomic mass is 10.00. The number of nitrogens with one attached hydrogen (secondary N) is 2. The highest BCUT2D eigenvalue weighted by atomic mass is 32.2. The second-order valence-electron chi connectivity index (χ2n) is 5.32. The van der Waals surface area contributed by atoms with Crippen molar-refractivity contribution in [3.8, 4) is 0 Å². The van der Waals surface area contributed by atoms with E-state index in [0.29, 0.717) is 12.5 Å². The van der Waals surface area contributed by atoms with Gasteiger partial charge in [0.15, 0.2) is 9.84 Å². The van der Waals surface area contributed by atoms with Crippen molar-refractivity contribution in [3.05, 3.63) is 29.8 Å². The third-order valence-electron chi connectivity index (χ3n) is 3.80. The number of carbonyl (C=O) groups is 1. The van der Waals surface area contributed by atoms with E-state index in [9.17, 15) is 13.2 Å². The van der Waals surface area contributed by atoms with E-state index in [1.807, 2.05) is 0 Å². The summed E-state index contributed by atoms with van der Waals surface area (Å²) in [5.41, 5.74) is 0.239. The van der Waals surface area contributed by atoms with Crippen LogP contribution in [0.4, 0.5) is 0 Å². The van der Waals surface area contributed by atoms with Gasteiger partial charge in [0.05, 0.1) is 16.2 Å². The van der Waals surface area contributed by atoms with Crippen molar-refractivity contribution in [1.82, 2.24) is 10.6 Å². The van der Waals surface area contributed by atoms with Gasteiger partial charge in [-0.1, -0.05) is 19.1 Å². The van der Waals surface area contributed by atoms with Crippen LogP contribution in [0.2, 0.25) is 0 Å². The third kappa shape index (κ3) is 4.04. The highest BCUT2D eigenvalue weighted by Gasteiger charge is 2.21. The van der Waals surface area contributed by atoms with Gasteiger partial charge in [-0.15, -0.1) is 0 Å². The zero-order valence-corrected chi connectivity index (χ0v) is 13.1. The van der Waals surface area contributed by atoms with E-state index in [1.165, 1.54) is 6.07 Å².